The average molecular weight is 339 g/mol. The van der Waals surface area contributed by atoms with E-state index in [0.717, 1.165) is 11.3 Å². The SMILES string of the molecule is Cc1ccc(NCc2cccc(O)c2)cc1I. The molecule has 0 heterocycles. The zero-order chi connectivity index (χ0) is 12.3. The fourth-order valence-electron chi connectivity index (χ4n) is 1.57. The molecule has 0 aliphatic heterocycles. The molecule has 0 saturated heterocycles. The van der Waals surface area contributed by atoms with Crippen LogP contribution in [0, 0.1) is 10.5 Å². The third-order valence-corrected chi connectivity index (χ3v) is 3.74. The van der Waals surface area contributed by atoms with Gasteiger partial charge >= 0.3 is 0 Å². The second-order valence-electron chi connectivity index (χ2n) is 3.99. The number of benzene rings is 2. The van der Waals surface area contributed by atoms with Gasteiger partial charge in [-0.2, -0.15) is 0 Å². The third kappa shape index (κ3) is 3.36. The molecule has 3 heteroatoms. The lowest BCUT2D eigenvalue weighted by molar-refractivity contribution is 0.474. The van der Waals surface area contributed by atoms with Crippen LogP contribution >= 0.6 is 22.6 Å². The van der Waals surface area contributed by atoms with E-state index in [4.69, 9.17) is 0 Å². The maximum absolute atomic E-state index is 9.36. The van der Waals surface area contributed by atoms with Gasteiger partial charge in [0.2, 0.25) is 0 Å². The second-order valence-corrected chi connectivity index (χ2v) is 5.15. The number of phenols is 1. The molecule has 2 rings (SSSR count). The van der Waals surface area contributed by atoms with Crippen molar-refractivity contribution in [2.45, 2.75) is 13.5 Å². The van der Waals surface area contributed by atoms with E-state index in [1.807, 2.05) is 12.1 Å². The average Bonchev–Trinajstić information content (AvgIpc) is 2.31. The van der Waals surface area contributed by atoms with Gasteiger partial charge in [0, 0.05) is 15.8 Å². The van der Waals surface area contributed by atoms with Crippen LogP contribution in [0.1, 0.15) is 11.1 Å². The molecule has 17 heavy (non-hydrogen) atoms. The highest BCUT2D eigenvalue weighted by Gasteiger charge is 1.98. The number of phenolic OH excluding ortho intramolecular Hbond substituents is 1. The zero-order valence-electron chi connectivity index (χ0n) is 9.57. The highest BCUT2D eigenvalue weighted by atomic mass is 127. The van der Waals surface area contributed by atoms with Crippen LogP contribution in [0.4, 0.5) is 5.69 Å². The molecule has 2 aromatic carbocycles. The van der Waals surface area contributed by atoms with Gasteiger partial charge in [-0.3, -0.25) is 0 Å². The molecule has 2 aromatic rings. The number of hydrogen-bond acceptors (Lipinski definition) is 2. The van der Waals surface area contributed by atoms with E-state index in [9.17, 15) is 5.11 Å². The molecule has 0 radical (unpaired) electrons. The highest BCUT2D eigenvalue weighted by Crippen LogP contribution is 2.18. The Morgan fingerprint density at radius 1 is 1.18 bits per heavy atom. The van der Waals surface area contributed by atoms with Gasteiger partial charge in [-0.15, -0.1) is 0 Å². The summed E-state index contributed by atoms with van der Waals surface area (Å²) in [7, 11) is 0. The summed E-state index contributed by atoms with van der Waals surface area (Å²) < 4.78 is 1.25. The summed E-state index contributed by atoms with van der Waals surface area (Å²) in [5.41, 5.74) is 3.46. The number of anilines is 1. The van der Waals surface area contributed by atoms with Gasteiger partial charge in [-0.05, 0) is 64.9 Å². The Balaban J connectivity index is 2.05. The molecule has 0 aliphatic carbocycles. The molecule has 0 atom stereocenters. The van der Waals surface area contributed by atoms with E-state index < -0.39 is 0 Å². The Kier molecular flexibility index (Phi) is 3.89. The van der Waals surface area contributed by atoms with Crippen molar-refractivity contribution < 1.29 is 5.11 Å². The van der Waals surface area contributed by atoms with Gasteiger partial charge in [0.25, 0.3) is 0 Å². The minimum atomic E-state index is 0.308. The van der Waals surface area contributed by atoms with Crippen molar-refractivity contribution in [1.82, 2.24) is 0 Å². The molecule has 88 valence electrons. The van der Waals surface area contributed by atoms with E-state index in [2.05, 4.69) is 53.0 Å². The molecule has 0 aliphatic rings. The largest absolute Gasteiger partial charge is 0.508 e. The van der Waals surface area contributed by atoms with Gasteiger partial charge in [0.1, 0.15) is 5.75 Å². The molecule has 2 nitrogen and oxygen atoms in total. The first-order valence-corrected chi connectivity index (χ1v) is 6.51. The predicted octanol–water partition coefficient (Wildman–Crippen LogP) is 3.92. The Morgan fingerprint density at radius 3 is 2.71 bits per heavy atom. The number of aryl methyl sites for hydroxylation is 1. The van der Waals surface area contributed by atoms with Crippen molar-refractivity contribution in [2.75, 3.05) is 5.32 Å². The zero-order valence-corrected chi connectivity index (χ0v) is 11.7. The van der Waals surface area contributed by atoms with Crippen molar-refractivity contribution in [2.24, 2.45) is 0 Å². The number of halogens is 1. The lowest BCUT2D eigenvalue weighted by Gasteiger charge is -2.08. The first-order valence-electron chi connectivity index (χ1n) is 5.43. The van der Waals surface area contributed by atoms with Crippen LogP contribution in [0.3, 0.4) is 0 Å². The van der Waals surface area contributed by atoms with Crippen LogP contribution in [-0.2, 0) is 6.54 Å². The lowest BCUT2D eigenvalue weighted by atomic mass is 10.2. The lowest BCUT2D eigenvalue weighted by Crippen LogP contribution is -1.99. The van der Waals surface area contributed by atoms with E-state index >= 15 is 0 Å². The highest BCUT2D eigenvalue weighted by molar-refractivity contribution is 14.1. The smallest absolute Gasteiger partial charge is 0.115 e. The van der Waals surface area contributed by atoms with Crippen LogP contribution < -0.4 is 5.32 Å². The Hall–Kier alpha value is -1.23. The van der Waals surface area contributed by atoms with E-state index in [1.54, 1.807) is 12.1 Å². The van der Waals surface area contributed by atoms with Crippen LogP contribution in [-0.4, -0.2) is 5.11 Å². The maximum Gasteiger partial charge on any atom is 0.115 e. The molecule has 0 saturated carbocycles. The molecule has 0 bridgehead atoms. The summed E-state index contributed by atoms with van der Waals surface area (Å²) in [6.45, 7) is 2.81. The molecule has 0 fully saturated rings. The first kappa shape index (κ1) is 12.2. The topological polar surface area (TPSA) is 32.3 Å². The molecular weight excluding hydrogens is 325 g/mol. The fraction of sp³-hybridized carbons (Fsp3) is 0.143. The van der Waals surface area contributed by atoms with Crippen molar-refractivity contribution in [3.05, 3.63) is 57.2 Å². The quantitative estimate of drug-likeness (QED) is 0.831. The minimum Gasteiger partial charge on any atom is -0.508 e. The Morgan fingerprint density at radius 2 is 2.00 bits per heavy atom. The summed E-state index contributed by atoms with van der Waals surface area (Å²) >= 11 is 2.33. The van der Waals surface area contributed by atoms with Gasteiger partial charge in [-0.1, -0.05) is 18.2 Å². The number of rotatable bonds is 3. The van der Waals surface area contributed by atoms with E-state index in [1.165, 1.54) is 9.13 Å². The van der Waals surface area contributed by atoms with E-state index in [0.29, 0.717) is 12.3 Å². The van der Waals surface area contributed by atoms with Crippen LogP contribution in [0.2, 0.25) is 0 Å². The number of hydrogen-bond donors (Lipinski definition) is 2. The van der Waals surface area contributed by atoms with Gasteiger partial charge in [0.15, 0.2) is 0 Å². The molecule has 0 unspecified atom stereocenters. The van der Waals surface area contributed by atoms with Crippen LogP contribution in [0.5, 0.6) is 5.75 Å². The van der Waals surface area contributed by atoms with Crippen molar-refractivity contribution >= 4 is 28.3 Å². The second kappa shape index (κ2) is 5.40. The van der Waals surface area contributed by atoms with Gasteiger partial charge in [0.05, 0.1) is 0 Å². The summed E-state index contributed by atoms with van der Waals surface area (Å²) in [5.74, 6) is 0.308. The molecule has 0 spiro atoms. The Labute approximate surface area is 115 Å². The molecule has 0 amide bonds. The molecule has 2 N–H and O–H groups in total. The van der Waals surface area contributed by atoms with Crippen LogP contribution in [0.25, 0.3) is 0 Å². The normalized spacial score (nSPS) is 10.2. The summed E-state index contributed by atoms with van der Waals surface area (Å²) in [6.07, 6.45) is 0. The summed E-state index contributed by atoms with van der Waals surface area (Å²) in [5, 5.41) is 12.7. The number of aromatic hydroxyl groups is 1. The maximum atomic E-state index is 9.36. The van der Waals surface area contributed by atoms with Gasteiger partial charge < -0.3 is 10.4 Å². The predicted molar refractivity (Wildman–Crippen MR) is 79.3 cm³/mol. The Bertz CT molecular complexity index is 525. The standard InChI is InChI=1S/C14H14INO/c1-10-5-6-12(8-14(10)15)16-9-11-3-2-4-13(17)7-11/h2-8,16-17H,9H2,1H3. The third-order valence-electron chi connectivity index (χ3n) is 2.58. The van der Waals surface area contributed by atoms with Gasteiger partial charge in [-0.25, -0.2) is 0 Å². The monoisotopic (exact) mass is 339 g/mol. The molecular formula is C14H14INO. The van der Waals surface area contributed by atoms with Crippen molar-refractivity contribution in [3.63, 3.8) is 0 Å². The van der Waals surface area contributed by atoms with E-state index in [-0.39, 0.29) is 0 Å². The first-order chi connectivity index (χ1) is 8.15. The molecule has 0 aromatic heterocycles. The van der Waals surface area contributed by atoms with Crippen LogP contribution in [0.15, 0.2) is 42.5 Å². The minimum absolute atomic E-state index is 0.308. The summed E-state index contributed by atoms with van der Waals surface area (Å²) in [6, 6.07) is 13.6. The summed E-state index contributed by atoms with van der Waals surface area (Å²) in [4.78, 5) is 0. The van der Waals surface area contributed by atoms with Crippen molar-refractivity contribution in [1.29, 1.82) is 0 Å². The fourth-order valence-corrected chi connectivity index (χ4v) is 2.09. The van der Waals surface area contributed by atoms with Crippen molar-refractivity contribution in [3.8, 4) is 5.75 Å². The number of nitrogens with one attached hydrogen (secondary N) is 1.